The summed E-state index contributed by atoms with van der Waals surface area (Å²) in [6.07, 6.45) is 1.00. The minimum Gasteiger partial charge on any atom is -0.508 e. The second-order valence-electron chi connectivity index (χ2n) is 7.97. The summed E-state index contributed by atoms with van der Waals surface area (Å²) in [5.74, 6) is 0.500. The Labute approximate surface area is 182 Å². The summed E-state index contributed by atoms with van der Waals surface area (Å²) in [4.78, 5) is 19.0. The van der Waals surface area contributed by atoms with Gasteiger partial charge in [-0.3, -0.25) is 9.69 Å². The third-order valence-electron chi connectivity index (χ3n) is 5.99. The number of hydrogen-bond acceptors (Lipinski definition) is 5. The highest BCUT2D eigenvalue weighted by Crippen LogP contribution is 2.21. The SMILES string of the molecule is Cc1cc(C(=O)CN2CCN(c3ccc(O)cc3)CC2)c(C)n1CCc1cccs1. The number of phenolic OH excluding ortho intramolecular Hbond substituents is 1. The number of hydrogen-bond donors (Lipinski definition) is 1. The summed E-state index contributed by atoms with van der Waals surface area (Å²) >= 11 is 1.79. The van der Waals surface area contributed by atoms with Gasteiger partial charge in [-0.1, -0.05) is 6.07 Å². The molecule has 0 atom stereocenters. The highest BCUT2D eigenvalue weighted by atomic mass is 32.1. The standard InChI is InChI=1S/C24H29N3O2S/c1-18-16-23(19(2)27(18)10-9-22-4-3-15-30-22)24(29)17-25-11-13-26(14-12-25)20-5-7-21(28)8-6-20/h3-8,15-16,28H,9-14,17H2,1-2H3. The number of phenols is 1. The number of Topliss-reactive ketones (excluding diaryl/α,β-unsaturated/α-hetero) is 1. The van der Waals surface area contributed by atoms with E-state index in [1.54, 1.807) is 23.5 Å². The van der Waals surface area contributed by atoms with Crippen LogP contribution >= 0.6 is 11.3 Å². The van der Waals surface area contributed by atoms with Crippen molar-refractivity contribution in [3.63, 3.8) is 0 Å². The van der Waals surface area contributed by atoms with Crippen LogP contribution in [0.25, 0.3) is 0 Å². The number of aromatic hydroxyl groups is 1. The summed E-state index contributed by atoms with van der Waals surface area (Å²) in [5.41, 5.74) is 4.22. The molecule has 0 saturated carbocycles. The van der Waals surface area contributed by atoms with Gasteiger partial charge >= 0.3 is 0 Å². The molecule has 1 aliphatic heterocycles. The van der Waals surface area contributed by atoms with Crippen LogP contribution < -0.4 is 4.90 Å². The minimum atomic E-state index is 0.212. The van der Waals surface area contributed by atoms with Crippen molar-refractivity contribution in [1.29, 1.82) is 0 Å². The number of carbonyl (C=O) groups excluding carboxylic acids is 1. The van der Waals surface area contributed by atoms with Gasteiger partial charge in [-0.15, -0.1) is 11.3 Å². The van der Waals surface area contributed by atoms with Crippen LogP contribution in [0.5, 0.6) is 5.75 Å². The quantitative estimate of drug-likeness (QED) is 0.581. The highest BCUT2D eigenvalue weighted by molar-refractivity contribution is 7.09. The Hall–Kier alpha value is -2.57. The van der Waals surface area contributed by atoms with Gasteiger partial charge in [-0.05, 0) is 62.0 Å². The van der Waals surface area contributed by atoms with Crippen LogP contribution in [0.3, 0.4) is 0 Å². The lowest BCUT2D eigenvalue weighted by atomic mass is 10.1. The molecule has 2 aromatic heterocycles. The van der Waals surface area contributed by atoms with Crippen molar-refractivity contribution in [2.45, 2.75) is 26.8 Å². The zero-order chi connectivity index (χ0) is 21.1. The Balaban J connectivity index is 1.34. The van der Waals surface area contributed by atoms with Crippen molar-refractivity contribution in [3.8, 4) is 5.75 Å². The van der Waals surface area contributed by atoms with E-state index in [0.717, 1.165) is 61.8 Å². The molecule has 30 heavy (non-hydrogen) atoms. The fourth-order valence-corrected chi connectivity index (χ4v) is 4.92. The number of nitrogens with zero attached hydrogens (tertiary/aromatic N) is 3. The fourth-order valence-electron chi connectivity index (χ4n) is 4.22. The van der Waals surface area contributed by atoms with E-state index in [9.17, 15) is 9.90 Å². The lowest BCUT2D eigenvalue weighted by molar-refractivity contribution is 0.0925. The van der Waals surface area contributed by atoms with Crippen molar-refractivity contribution in [2.24, 2.45) is 0 Å². The number of aryl methyl sites for hydroxylation is 2. The van der Waals surface area contributed by atoms with Gasteiger partial charge in [-0.25, -0.2) is 0 Å². The van der Waals surface area contributed by atoms with Gasteiger partial charge in [0.25, 0.3) is 0 Å². The van der Waals surface area contributed by atoms with Crippen LogP contribution in [0, 0.1) is 13.8 Å². The molecule has 3 aromatic rings. The average Bonchev–Trinajstić information content (AvgIpc) is 3.36. The Kier molecular flexibility index (Phi) is 6.25. The zero-order valence-electron chi connectivity index (χ0n) is 17.7. The van der Waals surface area contributed by atoms with Gasteiger partial charge in [-0.2, -0.15) is 0 Å². The van der Waals surface area contributed by atoms with E-state index in [2.05, 4.69) is 51.8 Å². The van der Waals surface area contributed by atoms with Gasteiger partial charge in [0.2, 0.25) is 0 Å². The molecule has 0 unspecified atom stereocenters. The Morgan fingerprint density at radius 3 is 2.47 bits per heavy atom. The first-order chi connectivity index (χ1) is 14.5. The Morgan fingerprint density at radius 1 is 1.07 bits per heavy atom. The average molecular weight is 424 g/mol. The molecule has 3 heterocycles. The smallest absolute Gasteiger partial charge is 0.178 e. The molecule has 0 radical (unpaired) electrons. The predicted octanol–water partition coefficient (Wildman–Crippen LogP) is 4.12. The molecular formula is C24H29N3O2S. The van der Waals surface area contributed by atoms with Crippen molar-refractivity contribution >= 4 is 22.8 Å². The van der Waals surface area contributed by atoms with Gasteiger partial charge in [0.15, 0.2) is 5.78 Å². The van der Waals surface area contributed by atoms with Crippen molar-refractivity contribution in [1.82, 2.24) is 9.47 Å². The van der Waals surface area contributed by atoms with E-state index in [4.69, 9.17) is 0 Å². The summed E-state index contributed by atoms with van der Waals surface area (Å²) in [6.45, 7) is 9.05. The van der Waals surface area contributed by atoms with Crippen LogP contribution in [0.15, 0.2) is 47.8 Å². The summed E-state index contributed by atoms with van der Waals surface area (Å²) in [7, 11) is 0. The van der Waals surface area contributed by atoms with Crippen LogP contribution in [0.1, 0.15) is 26.6 Å². The number of benzene rings is 1. The number of rotatable bonds is 7. The molecule has 1 aliphatic rings. The van der Waals surface area contributed by atoms with Crippen LogP contribution in [-0.4, -0.2) is 53.1 Å². The minimum absolute atomic E-state index is 0.212. The maximum atomic E-state index is 13.0. The molecular weight excluding hydrogens is 394 g/mol. The first-order valence-electron chi connectivity index (χ1n) is 10.5. The maximum absolute atomic E-state index is 13.0. The van der Waals surface area contributed by atoms with Crippen molar-refractivity contribution in [2.75, 3.05) is 37.6 Å². The van der Waals surface area contributed by atoms with Gasteiger partial charge in [0.1, 0.15) is 5.75 Å². The molecule has 4 rings (SSSR count). The third kappa shape index (κ3) is 4.60. The molecule has 0 aliphatic carbocycles. The van der Waals surface area contributed by atoms with Crippen LogP contribution in [0.4, 0.5) is 5.69 Å². The first kappa shape index (κ1) is 20.7. The first-order valence-corrected chi connectivity index (χ1v) is 11.4. The number of aromatic nitrogens is 1. The van der Waals surface area contributed by atoms with Crippen LogP contribution in [-0.2, 0) is 13.0 Å². The summed E-state index contributed by atoms with van der Waals surface area (Å²) < 4.78 is 2.27. The van der Waals surface area contributed by atoms with E-state index in [1.807, 2.05) is 12.1 Å². The van der Waals surface area contributed by atoms with E-state index in [0.29, 0.717) is 6.54 Å². The fraction of sp³-hybridized carbons (Fsp3) is 0.375. The van der Waals surface area contributed by atoms with E-state index in [1.165, 1.54) is 4.88 Å². The number of anilines is 1. The van der Waals surface area contributed by atoms with Gasteiger partial charge < -0.3 is 14.6 Å². The third-order valence-corrected chi connectivity index (χ3v) is 6.93. The lowest BCUT2D eigenvalue weighted by Crippen LogP contribution is -2.48. The normalized spacial score (nSPS) is 14.9. The van der Waals surface area contributed by atoms with Crippen molar-refractivity contribution < 1.29 is 9.90 Å². The second-order valence-corrected chi connectivity index (χ2v) is 9.00. The molecule has 1 fully saturated rings. The highest BCUT2D eigenvalue weighted by Gasteiger charge is 2.22. The van der Waals surface area contributed by atoms with E-state index in [-0.39, 0.29) is 11.5 Å². The van der Waals surface area contributed by atoms with Crippen LogP contribution in [0.2, 0.25) is 0 Å². The molecule has 1 N–H and O–H groups in total. The number of ketones is 1. The lowest BCUT2D eigenvalue weighted by Gasteiger charge is -2.35. The summed E-state index contributed by atoms with van der Waals surface area (Å²) in [5, 5.41) is 11.6. The largest absolute Gasteiger partial charge is 0.508 e. The summed E-state index contributed by atoms with van der Waals surface area (Å²) in [6, 6.07) is 13.6. The molecule has 1 saturated heterocycles. The zero-order valence-corrected chi connectivity index (χ0v) is 18.5. The van der Waals surface area contributed by atoms with Crippen molar-refractivity contribution in [3.05, 3.63) is 69.7 Å². The topological polar surface area (TPSA) is 48.7 Å². The van der Waals surface area contributed by atoms with E-state index < -0.39 is 0 Å². The Bertz CT molecular complexity index is 984. The molecule has 0 spiro atoms. The monoisotopic (exact) mass is 423 g/mol. The molecule has 1 aromatic carbocycles. The number of carbonyl (C=O) groups is 1. The second kappa shape index (κ2) is 9.06. The molecule has 5 nitrogen and oxygen atoms in total. The number of piperazine rings is 1. The molecule has 0 bridgehead atoms. The van der Waals surface area contributed by atoms with E-state index >= 15 is 0 Å². The molecule has 0 amide bonds. The number of thiophene rings is 1. The molecule has 6 heteroatoms. The van der Waals surface area contributed by atoms with Gasteiger partial charge in [0, 0.05) is 60.2 Å². The Morgan fingerprint density at radius 2 is 1.80 bits per heavy atom. The predicted molar refractivity (Wildman–Crippen MR) is 123 cm³/mol. The van der Waals surface area contributed by atoms with Gasteiger partial charge in [0.05, 0.1) is 6.54 Å². The maximum Gasteiger partial charge on any atom is 0.178 e. The molecule has 158 valence electrons.